The molecule has 1 aromatic heterocycles. The van der Waals surface area contributed by atoms with Crippen molar-refractivity contribution < 1.29 is 9.53 Å². The molecule has 1 amide bonds. The highest BCUT2D eigenvalue weighted by molar-refractivity contribution is 14.0. The molecule has 0 unspecified atom stereocenters. The molecule has 0 aliphatic carbocycles. The Morgan fingerprint density at radius 3 is 2.55 bits per heavy atom. The van der Waals surface area contributed by atoms with Crippen molar-refractivity contribution in [3.8, 4) is 0 Å². The molecule has 2 aliphatic rings. The van der Waals surface area contributed by atoms with Crippen molar-refractivity contribution in [2.75, 3.05) is 44.7 Å². The molecule has 2 N–H and O–H groups in total. The second-order valence-electron chi connectivity index (χ2n) is 7.25. The third kappa shape index (κ3) is 6.90. The quantitative estimate of drug-likeness (QED) is 0.356. The van der Waals surface area contributed by atoms with E-state index in [9.17, 15) is 4.79 Å². The van der Waals surface area contributed by atoms with Crippen LogP contribution in [0.2, 0.25) is 0 Å². The first-order valence-electron chi connectivity index (χ1n) is 10.3. The average molecular weight is 516 g/mol. The van der Waals surface area contributed by atoms with Crippen LogP contribution in [0, 0.1) is 0 Å². The molecular weight excluding hydrogens is 483 g/mol. The number of likely N-dealkylation sites (tertiary alicyclic amines) is 1. The number of nitrogens with zero attached hydrogens (tertiary/aromatic N) is 4. The Bertz CT molecular complexity index is 655. The number of aromatic nitrogens is 1. The van der Waals surface area contributed by atoms with E-state index in [0.717, 1.165) is 43.3 Å². The number of anilines is 1. The van der Waals surface area contributed by atoms with E-state index in [0.29, 0.717) is 32.3 Å². The van der Waals surface area contributed by atoms with E-state index in [2.05, 4.69) is 37.6 Å². The van der Waals surface area contributed by atoms with Gasteiger partial charge in [0.1, 0.15) is 5.82 Å². The van der Waals surface area contributed by atoms with Crippen molar-refractivity contribution in [2.45, 2.75) is 45.2 Å². The van der Waals surface area contributed by atoms with Crippen molar-refractivity contribution in [3.05, 3.63) is 23.9 Å². The minimum atomic E-state index is -0.215. The van der Waals surface area contributed by atoms with Gasteiger partial charge in [-0.2, -0.15) is 0 Å². The van der Waals surface area contributed by atoms with E-state index >= 15 is 0 Å². The Morgan fingerprint density at radius 1 is 1.24 bits per heavy atom. The summed E-state index contributed by atoms with van der Waals surface area (Å²) in [5, 5.41) is 6.81. The van der Waals surface area contributed by atoms with Gasteiger partial charge in [-0.1, -0.05) is 6.07 Å². The molecule has 8 nitrogen and oxygen atoms in total. The van der Waals surface area contributed by atoms with Crippen molar-refractivity contribution >= 4 is 41.8 Å². The van der Waals surface area contributed by atoms with Crippen LogP contribution in [-0.4, -0.2) is 67.8 Å². The number of hydrogen-bond acceptors (Lipinski definition) is 5. The van der Waals surface area contributed by atoms with Crippen molar-refractivity contribution in [3.63, 3.8) is 0 Å². The summed E-state index contributed by atoms with van der Waals surface area (Å²) in [6.07, 6.45) is 5.99. The van der Waals surface area contributed by atoms with Gasteiger partial charge in [-0.25, -0.2) is 9.78 Å². The second-order valence-corrected chi connectivity index (χ2v) is 7.25. The Balaban J connectivity index is 0.00000300. The predicted octanol–water partition coefficient (Wildman–Crippen LogP) is 2.59. The zero-order valence-corrected chi connectivity index (χ0v) is 19.7. The summed E-state index contributed by atoms with van der Waals surface area (Å²) in [7, 11) is 1.78. The molecule has 29 heavy (non-hydrogen) atoms. The first kappa shape index (κ1) is 23.5. The molecule has 2 aliphatic heterocycles. The lowest BCUT2D eigenvalue weighted by atomic mass is 10.1. The third-order valence-electron chi connectivity index (χ3n) is 5.28. The van der Waals surface area contributed by atoms with Crippen LogP contribution in [0.15, 0.2) is 23.3 Å². The lowest BCUT2D eigenvalue weighted by Gasteiger charge is -2.32. The molecular formula is C20H33IN6O2. The fraction of sp³-hybridized carbons (Fsp3) is 0.650. The Morgan fingerprint density at radius 2 is 1.97 bits per heavy atom. The molecule has 2 saturated heterocycles. The Labute approximate surface area is 190 Å². The third-order valence-corrected chi connectivity index (χ3v) is 5.28. The van der Waals surface area contributed by atoms with Crippen molar-refractivity contribution in [1.82, 2.24) is 20.5 Å². The normalized spacial score (nSPS) is 17.7. The number of rotatable bonds is 5. The number of aliphatic imine (C=N–C) groups is 1. The highest BCUT2D eigenvalue weighted by Gasteiger charge is 2.24. The summed E-state index contributed by atoms with van der Waals surface area (Å²) >= 11 is 0. The van der Waals surface area contributed by atoms with E-state index in [1.165, 1.54) is 12.8 Å². The van der Waals surface area contributed by atoms with Gasteiger partial charge < -0.3 is 25.2 Å². The van der Waals surface area contributed by atoms with Crippen LogP contribution >= 0.6 is 24.0 Å². The van der Waals surface area contributed by atoms with Crippen LogP contribution in [0.5, 0.6) is 0 Å². The molecule has 0 radical (unpaired) electrons. The van der Waals surface area contributed by atoms with Gasteiger partial charge in [-0.05, 0) is 44.2 Å². The Hall–Kier alpha value is -1.78. The number of guanidine groups is 1. The molecule has 2 fully saturated rings. The molecule has 0 saturated carbocycles. The maximum atomic E-state index is 11.8. The number of nitrogens with one attached hydrogen (secondary N) is 2. The number of pyridine rings is 1. The fourth-order valence-corrected chi connectivity index (χ4v) is 3.65. The van der Waals surface area contributed by atoms with E-state index in [1.807, 2.05) is 13.1 Å². The standard InChI is InChI=1S/C20H32N6O2.HI/c1-3-28-20(27)26-12-8-17(9-13-26)24-19(21-2)23-15-16-6-7-18(22-14-16)25-10-4-5-11-25;/h6-7,14,17H,3-5,8-13,15H2,1-2H3,(H2,21,23,24);1H. The maximum Gasteiger partial charge on any atom is 0.409 e. The molecule has 162 valence electrons. The van der Waals surface area contributed by atoms with Crippen LogP contribution in [0.25, 0.3) is 0 Å². The van der Waals surface area contributed by atoms with Crippen LogP contribution in [0.1, 0.15) is 38.2 Å². The summed E-state index contributed by atoms with van der Waals surface area (Å²) in [5.74, 6) is 1.84. The minimum Gasteiger partial charge on any atom is -0.450 e. The topological polar surface area (TPSA) is 82.1 Å². The zero-order valence-electron chi connectivity index (χ0n) is 17.4. The number of halogens is 1. The minimum absolute atomic E-state index is 0. The van der Waals surface area contributed by atoms with Gasteiger partial charge in [0.15, 0.2) is 5.96 Å². The average Bonchev–Trinajstić information content (AvgIpc) is 3.27. The monoisotopic (exact) mass is 516 g/mol. The van der Waals surface area contributed by atoms with E-state index in [4.69, 9.17) is 4.74 Å². The van der Waals surface area contributed by atoms with Crippen LogP contribution in [-0.2, 0) is 11.3 Å². The molecule has 0 atom stereocenters. The number of hydrogen-bond donors (Lipinski definition) is 2. The van der Waals surface area contributed by atoms with Crippen molar-refractivity contribution in [2.24, 2.45) is 4.99 Å². The van der Waals surface area contributed by atoms with E-state index in [1.54, 1.807) is 11.9 Å². The lowest BCUT2D eigenvalue weighted by Crippen LogP contribution is -2.49. The Kier molecular flexibility index (Phi) is 9.75. The molecule has 3 heterocycles. The molecule has 3 rings (SSSR count). The van der Waals surface area contributed by atoms with Gasteiger partial charge >= 0.3 is 6.09 Å². The number of amides is 1. The molecule has 9 heteroatoms. The first-order valence-corrected chi connectivity index (χ1v) is 10.3. The SMILES string of the molecule is CCOC(=O)N1CCC(NC(=NC)NCc2ccc(N3CCCC3)nc2)CC1.I. The fourth-order valence-electron chi connectivity index (χ4n) is 3.65. The maximum absolute atomic E-state index is 11.8. The molecule has 1 aromatic rings. The van der Waals surface area contributed by atoms with Crippen LogP contribution < -0.4 is 15.5 Å². The van der Waals surface area contributed by atoms with Gasteiger partial charge in [0.25, 0.3) is 0 Å². The lowest BCUT2D eigenvalue weighted by molar-refractivity contribution is 0.0963. The zero-order chi connectivity index (χ0) is 19.8. The number of piperidine rings is 1. The highest BCUT2D eigenvalue weighted by atomic mass is 127. The largest absolute Gasteiger partial charge is 0.450 e. The summed E-state index contributed by atoms with van der Waals surface area (Å²) in [5.41, 5.74) is 1.13. The van der Waals surface area contributed by atoms with Gasteiger partial charge in [0.05, 0.1) is 6.61 Å². The van der Waals surface area contributed by atoms with Crippen LogP contribution in [0.4, 0.5) is 10.6 Å². The van der Waals surface area contributed by atoms with Crippen LogP contribution in [0.3, 0.4) is 0 Å². The highest BCUT2D eigenvalue weighted by Crippen LogP contribution is 2.17. The van der Waals surface area contributed by atoms with Gasteiger partial charge in [0.2, 0.25) is 0 Å². The summed E-state index contributed by atoms with van der Waals surface area (Å²) < 4.78 is 5.07. The summed E-state index contributed by atoms with van der Waals surface area (Å²) in [6, 6.07) is 4.52. The molecule has 0 aromatic carbocycles. The summed E-state index contributed by atoms with van der Waals surface area (Å²) in [6.45, 7) is 6.55. The number of carbonyl (C=O) groups excluding carboxylic acids is 1. The second kappa shape index (κ2) is 12.0. The molecule has 0 spiro atoms. The number of ether oxygens (including phenoxy) is 1. The predicted molar refractivity (Wildman–Crippen MR) is 126 cm³/mol. The number of carbonyl (C=O) groups is 1. The first-order chi connectivity index (χ1) is 13.7. The smallest absolute Gasteiger partial charge is 0.409 e. The summed E-state index contributed by atoms with van der Waals surface area (Å²) in [4.78, 5) is 24.8. The molecule has 0 bridgehead atoms. The van der Waals surface area contributed by atoms with E-state index in [-0.39, 0.29) is 30.1 Å². The van der Waals surface area contributed by atoms with Gasteiger partial charge in [-0.3, -0.25) is 4.99 Å². The van der Waals surface area contributed by atoms with Gasteiger partial charge in [-0.15, -0.1) is 24.0 Å². The van der Waals surface area contributed by atoms with E-state index < -0.39 is 0 Å². The van der Waals surface area contributed by atoms with Crippen molar-refractivity contribution in [1.29, 1.82) is 0 Å². The van der Waals surface area contributed by atoms with Gasteiger partial charge in [0, 0.05) is 52.0 Å².